The lowest BCUT2D eigenvalue weighted by molar-refractivity contribution is 0.0615. The molecule has 0 unspecified atom stereocenters. The number of hydrogen-bond acceptors (Lipinski definition) is 5. The standard InChI is InChI=1S/C34H28N2O5/c37-22-26-8-4-5-9-28(26)32(38)35-21-25-11-14-30-29(20-25)34(23-40-30)16-18-36(19-17-34)33(39)31-15-13-27(41-31)12-10-24-6-2-1-3-7-24/h1-9,11,13-15,20,22H,16-19,21,23H2,(H,35,38). The first-order chi connectivity index (χ1) is 20.0. The maximum atomic E-state index is 13.2. The Balaban J connectivity index is 1.10. The van der Waals surface area contributed by atoms with E-state index in [-0.39, 0.29) is 23.0 Å². The third-order valence-electron chi connectivity index (χ3n) is 7.83. The van der Waals surface area contributed by atoms with Crippen molar-refractivity contribution in [3.63, 3.8) is 0 Å². The van der Waals surface area contributed by atoms with Gasteiger partial charge in [0.05, 0.1) is 6.61 Å². The van der Waals surface area contributed by atoms with Crippen molar-refractivity contribution in [2.45, 2.75) is 24.8 Å². The molecule has 6 rings (SSSR count). The fourth-order valence-corrected chi connectivity index (χ4v) is 5.49. The molecule has 1 spiro atoms. The van der Waals surface area contributed by atoms with E-state index in [0.717, 1.165) is 35.3 Å². The number of nitrogens with one attached hydrogen (secondary N) is 1. The van der Waals surface area contributed by atoms with Gasteiger partial charge >= 0.3 is 0 Å². The van der Waals surface area contributed by atoms with E-state index in [1.807, 2.05) is 47.4 Å². The van der Waals surface area contributed by atoms with Crippen LogP contribution in [-0.4, -0.2) is 42.7 Å². The van der Waals surface area contributed by atoms with Crippen molar-refractivity contribution in [2.75, 3.05) is 19.7 Å². The van der Waals surface area contributed by atoms with Gasteiger partial charge in [0.15, 0.2) is 17.8 Å². The van der Waals surface area contributed by atoms with Crippen LogP contribution >= 0.6 is 0 Å². The molecule has 2 aliphatic rings. The maximum Gasteiger partial charge on any atom is 0.289 e. The quantitative estimate of drug-likeness (QED) is 0.283. The Morgan fingerprint density at radius 1 is 0.927 bits per heavy atom. The lowest BCUT2D eigenvalue weighted by Crippen LogP contribution is -2.46. The van der Waals surface area contributed by atoms with Crippen LogP contribution in [0.4, 0.5) is 0 Å². The summed E-state index contributed by atoms with van der Waals surface area (Å²) in [4.78, 5) is 39.0. The summed E-state index contributed by atoms with van der Waals surface area (Å²) < 4.78 is 11.8. The first-order valence-electron chi connectivity index (χ1n) is 13.6. The summed E-state index contributed by atoms with van der Waals surface area (Å²) in [6, 6.07) is 25.8. The summed E-state index contributed by atoms with van der Waals surface area (Å²) >= 11 is 0. The Morgan fingerprint density at radius 2 is 1.71 bits per heavy atom. The van der Waals surface area contributed by atoms with Crippen molar-refractivity contribution < 1.29 is 23.5 Å². The van der Waals surface area contributed by atoms with Crippen molar-refractivity contribution in [3.05, 3.63) is 124 Å². The Kier molecular flexibility index (Phi) is 7.13. The van der Waals surface area contributed by atoms with Gasteiger partial charge in [0, 0.05) is 47.3 Å². The summed E-state index contributed by atoms with van der Waals surface area (Å²) in [5.41, 5.74) is 3.47. The number of aldehydes is 1. The van der Waals surface area contributed by atoms with Gasteiger partial charge in [0.25, 0.3) is 11.8 Å². The fraction of sp³-hybridized carbons (Fsp3) is 0.206. The van der Waals surface area contributed by atoms with Gasteiger partial charge in [0.1, 0.15) is 5.75 Å². The second kappa shape index (κ2) is 11.2. The van der Waals surface area contributed by atoms with Crippen LogP contribution in [-0.2, 0) is 12.0 Å². The van der Waals surface area contributed by atoms with E-state index < -0.39 is 0 Å². The average Bonchev–Trinajstić information content (AvgIpc) is 3.64. The van der Waals surface area contributed by atoms with Gasteiger partial charge in [-0.15, -0.1) is 0 Å². The molecule has 3 heterocycles. The van der Waals surface area contributed by atoms with Gasteiger partial charge in [-0.25, -0.2) is 0 Å². The second-order valence-corrected chi connectivity index (χ2v) is 10.4. The molecular formula is C34H28N2O5. The third kappa shape index (κ3) is 5.37. The number of likely N-dealkylation sites (tertiary alicyclic amines) is 1. The monoisotopic (exact) mass is 544 g/mol. The number of rotatable bonds is 5. The lowest BCUT2D eigenvalue weighted by Gasteiger charge is -2.38. The number of furan rings is 1. The van der Waals surface area contributed by atoms with Crippen molar-refractivity contribution in [2.24, 2.45) is 0 Å². The molecule has 4 aromatic rings. The predicted octanol–water partition coefficient (Wildman–Crippen LogP) is 4.99. The van der Waals surface area contributed by atoms with Gasteiger partial charge in [-0.1, -0.05) is 48.4 Å². The number of benzene rings is 3. The normalized spacial score (nSPS) is 14.9. The van der Waals surface area contributed by atoms with E-state index in [1.165, 1.54) is 0 Å². The Labute approximate surface area is 238 Å². The molecule has 7 heteroatoms. The van der Waals surface area contributed by atoms with Gasteiger partial charge in [-0.2, -0.15) is 0 Å². The molecule has 41 heavy (non-hydrogen) atoms. The Morgan fingerprint density at radius 3 is 2.51 bits per heavy atom. The summed E-state index contributed by atoms with van der Waals surface area (Å²) in [5, 5.41) is 2.92. The van der Waals surface area contributed by atoms with Crippen molar-refractivity contribution in [3.8, 4) is 17.6 Å². The minimum Gasteiger partial charge on any atom is -0.492 e. The number of piperidine rings is 1. The molecule has 0 radical (unpaired) electrons. The summed E-state index contributed by atoms with van der Waals surface area (Å²) in [6.07, 6.45) is 2.21. The summed E-state index contributed by atoms with van der Waals surface area (Å²) in [7, 11) is 0. The zero-order valence-electron chi connectivity index (χ0n) is 22.4. The van der Waals surface area contributed by atoms with E-state index in [9.17, 15) is 14.4 Å². The van der Waals surface area contributed by atoms with Crippen molar-refractivity contribution in [1.29, 1.82) is 0 Å². The van der Waals surface area contributed by atoms with Crippen LogP contribution in [0.25, 0.3) is 0 Å². The topological polar surface area (TPSA) is 88.9 Å². The molecule has 1 saturated heterocycles. The largest absolute Gasteiger partial charge is 0.492 e. The lowest BCUT2D eigenvalue weighted by atomic mass is 9.74. The molecule has 0 atom stereocenters. The highest BCUT2D eigenvalue weighted by Gasteiger charge is 2.44. The van der Waals surface area contributed by atoms with Crippen LogP contribution in [0.1, 0.15) is 66.6 Å². The molecule has 7 nitrogen and oxygen atoms in total. The highest BCUT2D eigenvalue weighted by molar-refractivity contribution is 6.01. The fourth-order valence-electron chi connectivity index (χ4n) is 5.49. The number of amides is 2. The minimum atomic E-state index is -0.293. The second-order valence-electron chi connectivity index (χ2n) is 10.4. The van der Waals surface area contributed by atoms with Crippen LogP contribution in [0, 0.1) is 11.8 Å². The molecule has 0 saturated carbocycles. The summed E-state index contributed by atoms with van der Waals surface area (Å²) in [5.74, 6) is 7.19. The van der Waals surface area contributed by atoms with Crippen LogP contribution < -0.4 is 10.1 Å². The van der Waals surface area contributed by atoms with E-state index >= 15 is 0 Å². The SMILES string of the molecule is O=Cc1ccccc1C(=O)NCc1ccc2c(c1)C1(CCN(C(=O)c3ccc(C#Cc4ccccc4)o3)CC1)CO2. The number of hydrogen-bond donors (Lipinski definition) is 1. The zero-order valence-corrected chi connectivity index (χ0v) is 22.4. The van der Waals surface area contributed by atoms with Crippen LogP contribution in [0.3, 0.4) is 0 Å². The number of carbonyl (C=O) groups is 3. The van der Waals surface area contributed by atoms with Gasteiger partial charge < -0.3 is 19.4 Å². The zero-order chi connectivity index (χ0) is 28.2. The molecule has 1 N–H and O–H groups in total. The van der Waals surface area contributed by atoms with E-state index in [1.54, 1.807) is 36.4 Å². The first-order valence-corrected chi connectivity index (χ1v) is 13.6. The average molecular weight is 545 g/mol. The molecule has 0 aliphatic carbocycles. The maximum absolute atomic E-state index is 13.2. The number of ether oxygens (including phenoxy) is 1. The predicted molar refractivity (Wildman–Crippen MR) is 153 cm³/mol. The molecule has 1 aromatic heterocycles. The molecule has 2 aliphatic heterocycles. The van der Waals surface area contributed by atoms with E-state index in [0.29, 0.717) is 49.4 Å². The van der Waals surface area contributed by atoms with Crippen LogP contribution in [0.15, 0.2) is 89.3 Å². The van der Waals surface area contributed by atoms with Crippen LogP contribution in [0.5, 0.6) is 5.75 Å². The third-order valence-corrected chi connectivity index (χ3v) is 7.83. The van der Waals surface area contributed by atoms with Gasteiger partial charge in [-0.05, 0) is 66.8 Å². The highest BCUT2D eigenvalue weighted by atomic mass is 16.5. The van der Waals surface area contributed by atoms with Crippen molar-refractivity contribution in [1.82, 2.24) is 10.2 Å². The number of fused-ring (bicyclic) bond motifs is 2. The molecule has 204 valence electrons. The molecular weight excluding hydrogens is 516 g/mol. The minimum absolute atomic E-state index is 0.140. The summed E-state index contributed by atoms with van der Waals surface area (Å²) in [6.45, 7) is 2.05. The Hall–Kier alpha value is -5.09. The number of carbonyl (C=O) groups excluding carboxylic acids is 3. The van der Waals surface area contributed by atoms with Crippen LogP contribution in [0.2, 0.25) is 0 Å². The first kappa shape index (κ1) is 26.1. The number of nitrogens with zero attached hydrogens (tertiary/aromatic N) is 1. The Bertz CT molecular complexity index is 1670. The molecule has 0 bridgehead atoms. The highest BCUT2D eigenvalue weighted by Crippen LogP contribution is 2.46. The molecule has 3 aromatic carbocycles. The smallest absolute Gasteiger partial charge is 0.289 e. The van der Waals surface area contributed by atoms with E-state index in [4.69, 9.17) is 9.15 Å². The molecule has 2 amide bonds. The van der Waals surface area contributed by atoms with Gasteiger partial charge in [0.2, 0.25) is 0 Å². The molecule has 1 fully saturated rings. The van der Waals surface area contributed by atoms with Crippen molar-refractivity contribution >= 4 is 18.1 Å². The van der Waals surface area contributed by atoms with E-state index in [2.05, 4.69) is 23.2 Å². The van der Waals surface area contributed by atoms with Gasteiger partial charge in [-0.3, -0.25) is 14.4 Å².